The Kier molecular flexibility index (Phi) is 3.96. The molecule has 1 N–H and O–H groups in total. The van der Waals surface area contributed by atoms with Crippen LogP contribution in [0.3, 0.4) is 0 Å². The second-order valence-corrected chi connectivity index (χ2v) is 4.68. The Balaban J connectivity index is 2.23. The smallest absolute Gasteiger partial charge is 0.339 e. The predicted octanol–water partition coefficient (Wildman–Crippen LogP) is 4.65. The zero-order valence-corrected chi connectivity index (χ0v) is 11.5. The van der Waals surface area contributed by atoms with Crippen molar-refractivity contribution in [2.45, 2.75) is 6.18 Å². The fourth-order valence-electron chi connectivity index (χ4n) is 1.31. The van der Waals surface area contributed by atoms with Gasteiger partial charge in [-0.25, -0.2) is 9.97 Å². The van der Waals surface area contributed by atoms with E-state index in [-0.39, 0.29) is 5.15 Å². The molecule has 0 saturated carbocycles. The molecule has 8 heteroatoms. The van der Waals surface area contributed by atoms with Crippen molar-refractivity contribution in [2.24, 2.45) is 0 Å². The van der Waals surface area contributed by atoms with Crippen LogP contribution in [0.4, 0.5) is 24.7 Å². The monoisotopic (exact) mass is 351 g/mol. The minimum atomic E-state index is -4.35. The number of rotatable bonds is 2. The molecule has 0 aliphatic heterocycles. The number of halogens is 5. The van der Waals surface area contributed by atoms with Crippen LogP contribution in [0.5, 0.6) is 0 Å². The number of nitrogens with one attached hydrogen (secondary N) is 1. The van der Waals surface area contributed by atoms with E-state index >= 15 is 0 Å². The van der Waals surface area contributed by atoms with E-state index in [1.807, 2.05) is 0 Å². The zero-order valence-electron chi connectivity index (χ0n) is 9.17. The summed E-state index contributed by atoms with van der Waals surface area (Å²) in [6.45, 7) is 0. The van der Waals surface area contributed by atoms with Crippen molar-refractivity contribution >= 4 is 39.0 Å². The minimum Gasteiger partial charge on any atom is -0.339 e. The molecule has 2 rings (SSSR count). The van der Waals surface area contributed by atoms with Crippen LogP contribution in [0.25, 0.3) is 0 Å². The van der Waals surface area contributed by atoms with Gasteiger partial charge < -0.3 is 5.32 Å². The summed E-state index contributed by atoms with van der Waals surface area (Å²) in [7, 11) is 0. The van der Waals surface area contributed by atoms with Crippen LogP contribution in [0.2, 0.25) is 5.15 Å². The molecular formula is C11H6BrClF3N3. The lowest BCUT2D eigenvalue weighted by molar-refractivity contribution is -0.137. The van der Waals surface area contributed by atoms with Crippen molar-refractivity contribution < 1.29 is 13.2 Å². The Morgan fingerprint density at radius 3 is 2.32 bits per heavy atom. The zero-order chi connectivity index (χ0) is 14.0. The van der Waals surface area contributed by atoms with Crippen LogP contribution < -0.4 is 5.32 Å². The summed E-state index contributed by atoms with van der Waals surface area (Å²) in [5, 5.41) is 3.05. The molecule has 2 aromatic rings. The van der Waals surface area contributed by atoms with Crippen LogP contribution in [0, 0.1) is 0 Å². The van der Waals surface area contributed by atoms with Gasteiger partial charge in [0, 0.05) is 5.69 Å². The van der Waals surface area contributed by atoms with Gasteiger partial charge >= 0.3 is 6.18 Å². The highest BCUT2D eigenvalue weighted by atomic mass is 79.9. The maximum absolute atomic E-state index is 12.4. The molecule has 1 aromatic carbocycles. The molecule has 3 nitrogen and oxygen atoms in total. The lowest BCUT2D eigenvalue weighted by Crippen LogP contribution is -2.04. The lowest BCUT2D eigenvalue weighted by Gasteiger charge is -2.10. The van der Waals surface area contributed by atoms with Gasteiger partial charge in [-0.2, -0.15) is 13.2 Å². The first-order valence-corrected chi connectivity index (χ1v) is 6.15. The average Bonchev–Trinajstić information content (AvgIpc) is 2.35. The quantitative estimate of drug-likeness (QED) is 0.799. The van der Waals surface area contributed by atoms with Crippen LogP contribution in [-0.4, -0.2) is 9.97 Å². The molecule has 0 fully saturated rings. The predicted molar refractivity (Wildman–Crippen MR) is 69.5 cm³/mol. The first kappa shape index (κ1) is 14.1. The third-order valence-electron chi connectivity index (χ3n) is 2.22. The number of hydrogen-bond acceptors (Lipinski definition) is 3. The summed E-state index contributed by atoms with van der Waals surface area (Å²) in [5.74, 6) is 0.375. The number of hydrogen-bond donors (Lipinski definition) is 1. The Labute approximate surface area is 120 Å². The molecule has 100 valence electrons. The summed E-state index contributed by atoms with van der Waals surface area (Å²) >= 11 is 8.96. The summed E-state index contributed by atoms with van der Waals surface area (Å²) in [6, 6.07) is 4.59. The first-order chi connectivity index (χ1) is 8.88. The summed E-state index contributed by atoms with van der Waals surface area (Å²) in [5.41, 5.74) is -0.249. The minimum absolute atomic E-state index is 0.212. The second-order valence-electron chi connectivity index (χ2n) is 3.53. The van der Waals surface area contributed by atoms with E-state index in [1.54, 1.807) is 0 Å². The number of anilines is 2. The number of aromatic nitrogens is 2. The molecule has 19 heavy (non-hydrogen) atoms. The molecule has 1 heterocycles. The lowest BCUT2D eigenvalue weighted by atomic mass is 10.2. The average molecular weight is 353 g/mol. The Morgan fingerprint density at radius 1 is 1.11 bits per heavy atom. The standard InChI is InChI=1S/C11H6BrClF3N3/c12-8-9(13)17-5-18-10(8)19-7-3-1-6(2-4-7)11(14,15)16/h1-5H,(H,17,18,19). The van der Waals surface area contributed by atoms with Gasteiger partial charge in [-0.15, -0.1) is 0 Å². The third kappa shape index (κ3) is 3.36. The summed E-state index contributed by atoms with van der Waals surface area (Å²) in [4.78, 5) is 7.68. The van der Waals surface area contributed by atoms with Gasteiger partial charge in [-0.05, 0) is 40.2 Å². The SMILES string of the molecule is FC(F)(F)c1ccc(Nc2ncnc(Cl)c2Br)cc1. The van der Waals surface area contributed by atoms with Crippen LogP contribution in [0.15, 0.2) is 35.1 Å². The van der Waals surface area contributed by atoms with E-state index in [4.69, 9.17) is 11.6 Å². The van der Waals surface area contributed by atoms with E-state index in [0.717, 1.165) is 12.1 Å². The van der Waals surface area contributed by atoms with Crippen molar-refractivity contribution in [1.29, 1.82) is 0 Å². The molecule has 0 bridgehead atoms. The van der Waals surface area contributed by atoms with Crippen molar-refractivity contribution in [3.63, 3.8) is 0 Å². The molecule has 1 aromatic heterocycles. The molecule has 0 aliphatic rings. The molecule has 0 spiro atoms. The molecule has 0 aliphatic carbocycles. The fraction of sp³-hybridized carbons (Fsp3) is 0.0909. The molecule has 0 unspecified atom stereocenters. The topological polar surface area (TPSA) is 37.8 Å². The normalized spacial score (nSPS) is 11.4. The van der Waals surface area contributed by atoms with Crippen LogP contribution >= 0.6 is 27.5 Å². The maximum atomic E-state index is 12.4. The van der Waals surface area contributed by atoms with Crippen molar-refractivity contribution in [3.8, 4) is 0 Å². The van der Waals surface area contributed by atoms with Gasteiger partial charge in [0.15, 0.2) is 0 Å². The Morgan fingerprint density at radius 2 is 1.74 bits per heavy atom. The first-order valence-electron chi connectivity index (χ1n) is 4.98. The molecular weight excluding hydrogens is 346 g/mol. The fourth-order valence-corrected chi connectivity index (χ4v) is 1.75. The number of nitrogens with zero attached hydrogens (tertiary/aromatic N) is 2. The number of alkyl halides is 3. The van der Waals surface area contributed by atoms with Crippen molar-refractivity contribution in [1.82, 2.24) is 9.97 Å². The van der Waals surface area contributed by atoms with Crippen LogP contribution in [-0.2, 0) is 6.18 Å². The second kappa shape index (κ2) is 5.34. The third-order valence-corrected chi connectivity index (χ3v) is 3.49. The Bertz CT molecular complexity index is 587. The highest BCUT2D eigenvalue weighted by molar-refractivity contribution is 9.10. The summed E-state index contributed by atoms with van der Waals surface area (Å²) < 4.78 is 37.6. The van der Waals surface area contributed by atoms with E-state index in [1.165, 1.54) is 18.5 Å². The van der Waals surface area contributed by atoms with Gasteiger partial charge in [-0.1, -0.05) is 11.6 Å². The maximum Gasteiger partial charge on any atom is 0.416 e. The highest BCUT2D eigenvalue weighted by Crippen LogP contribution is 2.32. The van der Waals surface area contributed by atoms with Gasteiger partial charge in [0.2, 0.25) is 0 Å². The van der Waals surface area contributed by atoms with Crippen molar-refractivity contribution in [3.05, 3.63) is 45.8 Å². The Hall–Kier alpha value is -1.34. The van der Waals surface area contributed by atoms with Crippen molar-refractivity contribution in [2.75, 3.05) is 5.32 Å². The van der Waals surface area contributed by atoms with Gasteiger partial charge in [-0.3, -0.25) is 0 Å². The largest absolute Gasteiger partial charge is 0.416 e. The summed E-state index contributed by atoms with van der Waals surface area (Å²) in [6.07, 6.45) is -3.10. The van der Waals surface area contributed by atoms with Gasteiger partial charge in [0.1, 0.15) is 17.3 Å². The molecule has 0 radical (unpaired) electrons. The van der Waals surface area contributed by atoms with Gasteiger partial charge in [0.05, 0.1) is 10.0 Å². The van der Waals surface area contributed by atoms with E-state index in [2.05, 4.69) is 31.2 Å². The number of benzene rings is 1. The van der Waals surface area contributed by atoms with E-state index in [0.29, 0.717) is 16.0 Å². The molecule has 0 amide bonds. The van der Waals surface area contributed by atoms with E-state index in [9.17, 15) is 13.2 Å². The molecule has 0 saturated heterocycles. The highest BCUT2D eigenvalue weighted by Gasteiger charge is 2.29. The van der Waals surface area contributed by atoms with E-state index < -0.39 is 11.7 Å². The van der Waals surface area contributed by atoms with Gasteiger partial charge in [0.25, 0.3) is 0 Å². The van der Waals surface area contributed by atoms with Crippen LogP contribution in [0.1, 0.15) is 5.56 Å². The molecule has 0 atom stereocenters.